The number of carbonyl (C=O) groups excluding carboxylic acids is 1. The molecule has 0 spiro atoms. The van der Waals surface area contributed by atoms with Gasteiger partial charge in [0, 0.05) is 30.0 Å². The second kappa shape index (κ2) is 15.8. The summed E-state index contributed by atoms with van der Waals surface area (Å²) in [6.07, 6.45) is -1.17. The molecule has 1 aliphatic rings. The molecule has 2 aromatic heterocycles. The fraction of sp³-hybridized carbons (Fsp3) is 0.366. The maximum Gasteiger partial charge on any atom is 0.494 e. The lowest BCUT2D eigenvalue weighted by Gasteiger charge is -2.32. The Balaban J connectivity index is 0.000000326. The Morgan fingerprint density at radius 3 is 2.15 bits per heavy atom. The number of hydrogen-bond acceptors (Lipinski definition) is 7. The molecule has 0 atom stereocenters. The van der Waals surface area contributed by atoms with E-state index in [1.54, 1.807) is 12.4 Å². The van der Waals surface area contributed by atoms with Gasteiger partial charge in [-0.3, -0.25) is 14.7 Å². The molecule has 0 unspecified atom stereocenters. The van der Waals surface area contributed by atoms with Crippen molar-refractivity contribution in [3.63, 3.8) is 0 Å². The molecule has 0 radical (unpaired) electrons. The summed E-state index contributed by atoms with van der Waals surface area (Å²) in [5.41, 5.74) is 3.54. The van der Waals surface area contributed by atoms with Crippen LogP contribution >= 0.6 is 15.9 Å². The summed E-state index contributed by atoms with van der Waals surface area (Å²) < 4.78 is 62.7. The number of aromatic nitrogens is 1. The van der Waals surface area contributed by atoms with E-state index in [0.29, 0.717) is 13.1 Å². The number of nitrogens with zero attached hydrogens (tertiary/aromatic N) is 2. The third kappa shape index (κ3) is 9.41. The van der Waals surface area contributed by atoms with Crippen LogP contribution in [0.1, 0.15) is 75.3 Å². The van der Waals surface area contributed by atoms with Gasteiger partial charge in [-0.25, -0.2) is 0 Å². The third-order valence-corrected chi connectivity index (χ3v) is 10.4. The zero-order valence-electron chi connectivity index (χ0n) is 31.3. The Labute approximate surface area is 318 Å². The Morgan fingerprint density at radius 2 is 1.55 bits per heavy atom. The van der Waals surface area contributed by atoms with E-state index in [0.717, 1.165) is 49.0 Å². The van der Waals surface area contributed by atoms with Gasteiger partial charge in [0.2, 0.25) is 5.76 Å². The number of ether oxygens (including phenoxy) is 1. The van der Waals surface area contributed by atoms with E-state index in [-0.39, 0.29) is 18.3 Å². The molecule has 3 heterocycles. The van der Waals surface area contributed by atoms with Crippen LogP contribution in [0.25, 0.3) is 10.8 Å². The van der Waals surface area contributed by atoms with E-state index < -0.39 is 35.7 Å². The number of alkyl halides is 3. The van der Waals surface area contributed by atoms with E-state index in [4.69, 9.17) is 18.5 Å². The Kier molecular flexibility index (Phi) is 12.0. The Hall–Kier alpha value is -3.97. The number of carbonyl (C=O) groups is 1. The Bertz CT molecular complexity index is 2030. The molecule has 0 bridgehead atoms. The second-order valence-corrected chi connectivity index (χ2v) is 15.7. The molecule has 1 fully saturated rings. The van der Waals surface area contributed by atoms with Gasteiger partial charge in [-0.05, 0) is 121 Å². The number of fused-ring (bicyclic) bond motifs is 1. The fourth-order valence-corrected chi connectivity index (χ4v) is 6.39. The van der Waals surface area contributed by atoms with Crippen LogP contribution in [0.3, 0.4) is 0 Å². The van der Waals surface area contributed by atoms with E-state index >= 15 is 0 Å². The van der Waals surface area contributed by atoms with Crippen LogP contribution < -0.4 is 5.46 Å². The number of esters is 1. The minimum atomic E-state index is -4.52. The zero-order chi connectivity index (χ0) is 38.8. The fourth-order valence-electron chi connectivity index (χ4n) is 6.03. The number of pyridine rings is 1. The second-order valence-electron chi connectivity index (χ2n) is 14.8. The highest BCUT2D eigenvalue weighted by molar-refractivity contribution is 9.10. The van der Waals surface area contributed by atoms with Crippen LogP contribution in [0.5, 0.6) is 0 Å². The molecule has 12 heteroatoms. The van der Waals surface area contributed by atoms with Gasteiger partial charge in [0.05, 0.1) is 30.3 Å². The van der Waals surface area contributed by atoms with Gasteiger partial charge in [-0.1, -0.05) is 60.7 Å². The third-order valence-electron chi connectivity index (χ3n) is 10.0. The van der Waals surface area contributed by atoms with Crippen molar-refractivity contribution in [2.75, 3.05) is 7.11 Å². The molecule has 1 saturated heterocycles. The van der Waals surface area contributed by atoms with Gasteiger partial charge >= 0.3 is 19.3 Å². The van der Waals surface area contributed by atoms with Crippen LogP contribution in [0, 0.1) is 6.92 Å². The minimum absolute atomic E-state index is 0.234. The normalized spacial score (nSPS) is 15.4. The number of furan rings is 1. The minimum Gasteiger partial charge on any atom is -0.468 e. The highest BCUT2D eigenvalue weighted by Gasteiger charge is 2.51. The van der Waals surface area contributed by atoms with Crippen molar-refractivity contribution in [3.05, 3.63) is 130 Å². The SMILES string of the molecule is COC(=O)C(C)(C)c1cncc(Br)c1.Cc1ccc2ccccc2c1CN(Cc1ccc(B2OC(C)(C)C(C)(C)O2)cc1)Cc1ccc(C(F)(F)F)o1. The number of rotatable bonds is 9. The molecule has 7 nitrogen and oxygen atoms in total. The van der Waals surface area contributed by atoms with Crippen molar-refractivity contribution >= 4 is 45.3 Å². The average Bonchev–Trinajstić information content (AvgIpc) is 3.66. The predicted octanol–water partition coefficient (Wildman–Crippen LogP) is 9.56. The van der Waals surface area contributed by atoms with Gasteiger partial charge in [-0.15, -0.1) is 0 Å². The van der Waals surface area contributed by atoms with E-state index in [1.807, 2.05) is 84.0 Å². The standard InChI is InChI=1S/C31H33BF3NO3.C10H12BrNO2/c1-21-10-13-23-8-6-7-9-26(23)27(21)20-36(19-25-16-17-28(37-25)31(33,34)35)18-22-11-14-24(15-12-22)32-38-29(2,3)30(4,5)39-32;1-10(2,9(13)14-3)7-4-8(11)6-12-5-7/h6-17H,18-20H2,1-5H3;4-6H,1-3H3. The molecule has 0 aliphatic carbocycles. The van der Waals surface area contributed by atoms with Crippen molar-refractivity contribution < 1.29 is 36.4 Å². The molecule has 53 heavy (non-hydrogen) atoms. The summed E-state index contributed by atoms with van der Waals surface area (Å²) >= 11 is 3.31. The van der Waals surface area contributed by atoms with Crippen LogP contribution in [-0.2, 0) is 50.1 Å². The molecule has 1 aliphatic heterocycles. The maximum atomic E-state index is 13.2. The van der Waals surface area contributed by atoms with E-state index in [1.165, 1.54) is 13.2 Å². The topological polar surface area (TPSA) is 74.0 Å². The average molecular weight is 794 g/mol. The summed E-state index contributed by atoms with van der Waals surface area (Å²) in [6, 6.07) is 24.6. The maximum absolute atomic E-state index is 13.2. The van der Waals surface area contributed by atoms with Crippen molar-refractivity contribution in [2.45, 2.75) is 90.9 Å². The van der Waals surface area contributed by atoms with Gasteiger partial charge < -0.3 is 18.5 Å². The molecule has 280 valence electrons. The first-order valence-corrected chi connectivity index (χ1v) is 18.1. The van der Waals surface area contributed by atoms with E-state index in [9.17, 15) is 18.0 Å². The highest BCUT2D eigenvalue weighted by atomic mass is 79.9. The molecular weight excluding hydrogens is 748 g/mol. The van der Waals surface area contributed by atoms with Crippen LogP contribution in [-0.4, -0.2) is 41.3 Å². The number of aryl methyl sites for hydroxylation is 1. The van der Waals surface area contributed by atoms with Gasteiger partial charge in [0.1, 0.15) is 5.76 Å². The highest BCUT2D eigenvalue weighted by Crippen LogP contribution is 2.37. The van der Waals surface area contributed by atoms with Crippen molar-refractivity contribution in [1.29, 1.82) is 0 Å². The molecule has 0 saturated carbocycles. The summed E-state index contributed by atoms with van der Waals surface area (Å²) in [5, 5.41) is 2.26. The van der Waals surface area contributed by atoms with Crippen molar-refractivity contribution in [2.24, 2.45) is 0 Å². The monoisotopic (exact) mass is 792 g/mol. The lowest BCUT2D eigenvalue weighted by atomic mass is 9.79. The molecule has 0 N–H and O–H groups in total. The Morgan fingerprint density at radius 1 is 0.887 bits per heavy atom. The van der Waals surface area contributed by atoms with Gasteiger partial charge in [-0.2, -0.15) is 13.2 Å². The van der Waals surface area contributed by atoms with Gasteiger partial charge in [0.15, 0.2) is 0 Å². The van der Waals surface area contributed by atoms with Crippen LogP contribution in [0.15, 0.2) is 100 Å². The van der Waals surface area contributed by atoms with Crippen molar-refractivity contribution in [3.8, 4) is 0 Å². The first kappa shape index (κ1) is 40.2. The van der Waals surface area contributed by atoms with Crippen LogP contribution in [0.4, 0.5) is 13.2 Å². The summed E-state index contributed by atoms with van der Waals surface area (Å²) in [5.74, 6) is -0.975. The molecular formula is C41H45BBrF3N2O5. The number of benzene rings is 3. The number of methoxy groups -OCH3 is 1. The number of halogens is 4. The molecule has 0 amide bonds. The lowest BCUT2D eigenvalue weighted by Crippen LogP contribution is -2.41. The summed E-state index contributed by atoms with van der Waals surface area (Å²) in [7, 11) is 0.928. The molecule has 6 rings (SSSR count). The first-order chi connectivity index (χ1) is 24.8. The quantitative estimate of drug-likeness (QED) is 0.109. The zero-order valence-corrected chi connectivity index (χ0v) is 32.9. The van der Waals surface area contributed by atoms with Gasteiger partial charge in [0.25, 0.3) is 0 Å². The summed E-state index contributed by atoms with van der Waals surface area (Å²) in [6.45, 7) is 15.1. The lowest BCUT2D eigenvalue weighted by molar-refractivity contribution is -0.153. The van der Waals surface area contributed by atoms with Crippen molar-refractivity contribution in [1.82, 2.24) is 9.88 Å². The molecule has 3 aromatic carbocycles. The molecule has 5 aromatic rings. The first-order valence-electron chi connectivity index (χ1n) is 17.3. The largest absolute Gasteiger partial charge is 0.494 e. The van der Waals surface area contributed by atoms with E-state index in [2.05, 4.69) is 57.0 Å². The smallest absolute Gasteiger partial charge is 0.468 e. The predicted molar refractivity (Wildman–Crippen MR) is 204 cm³/mol. The summed E-state index contributed by atoms with van der Waals surface area (Å²) in [4.78, 5) is 17.6. The number of hydrogen-bond donors (Lipinski definition) is 0. The van der Waals surface area contributed by atoms with Crippen LogP contribution in [0.2, 0.25) is 0 Å².